The van der Waals surface area contributed by atoms with Crippen molar-refractivity contribution in [3.63, 3.8) is 0 Å². The van der Waals surface area contributed by atoms with Gasteiger partial charge in [-0.2, -0.15) is 10.1 Å². The number of nitrogens with zero attached hydrogens (tertiary/aromatic N) is 4. The van der Waals surface area contributed by atoms with Gasteiger partial charge in [-0.1, -0.05) is 23.7 Å². The molecule has 0 spiro atoms. The average molecular weight is 450 g/mol. The second-order valence-electron chi connectivity index (χ2n) is 7.10. The Morgan fingerprint density at radius 3 is 2.84 bits per heavy atom. The molecule has 0 saturated heterocycles. The molecule has 2 heterocycles. The maximum atomic E-state index is 14.0. The van der Waals surface area contributed by atoms with Crippen LogP contribution in [0.25, 0.3) is 11.0 Å². The molecule has 0 radical (unpaired) electrons. The smallest absolute Gasteiger partial charge is 0.263 e. The largest absolute Gasteiger partial charge is 0.369 e. The van der Waals surface area contributed by atoms with Gasteiger partial charge in [0.1, 0.15) is 17.7 Å². The van der Waals surface area contributed by atoms with Crippen LogP contribution >= 0.6 is 11.6 Å². The van der Waals surface area contributed by atoms with Crippen LogP contribution < -0.4 is 16.6 Å². The summed E-state index contributed by atoms with van der Waals surface area (Å²) in [7, 11) is 0. The van der Waals surface area contributed by atoms with Crippen LogP contribution in [0.4, 0.5) is 10.3 Å². The lowest BCUT2D eigenvalue weighted by atomic mass is 10.2. The second kappa shape index (κ2) is 9.13. The summed E-state index contributed by atoms with van der Waals surface area (Å²) in [4.78, 5) is 44.8. The topological polar surface area (TPSA) is 139 Å². The molecule has 4 N–H and O–H groups in total. The Morgan fingerprint density at radius 1 is 1.39 bits per heavy atom. The van der Waals surface area contributed by atoms with Crippen LogP contribution in [0, 0.1) is 5.82 Å². The number of carbonyl (C=O) groups is 2. The molecule has 0 aliphatic heterocycles. The first-order valence-corrected chi connectivity index (χ1v) is 9.75. The lowest BCUT2D eigenvalue weighted by Crippen LogP contribution is -2.45. The maximum absolute atomic E-state index is 14.0. The van der Waals surface area contributed by atoms with E-state index in [0.717, 1.165) is 0 Å². The minimum Gasteiger partial charge on any atom is -0.369 e. The van der Waals surface area contributed by atoms with E-state index in [4.69, 9.17) is 17.3 Å². The number of hydrogen-bond acceptors (Lipinski definition) is 6. The monoisotopic (exact) mass is 449 g/mol. The number of hydrogen-bond donors (Lipinski definition) is 3. The standard InChI is InChI=1S/C19H21ClFN7O3/c1-10(2)27(8-14(29)23-6-11-4-3-5-13(20)16(11)21)15(30)9-28-17-12(7-24-28)18(31)26-19(22)25-17/h3-5,7,10H,6,8-9H2,1-2H3,(H,23,29)(H3,22,25,26,31). The number of halogens is 2. The van der Waals surface area contributed by atoms with E-state index in [1.165, 1.54) is 27.9 Å². The summed E-state index contributed by atoms with van der Waals surface area (Å²) in [6.45, 7) is 2.96. The number of aromatic nitrogens is 4. The van der Waals surface area contributed by atoms with Crippen LogP contribution in [0.1, 0.15) is 19.4 Å². The van der Waals surface area contributed by atoms with Crippen LogP contribution in [0.2, 0.25) is 5.02 Å². The molecule has 2 aromatic heterocycles. The van der Waals surface area contributed by atoms with E-state index in [0.29, 0.717) is 0 Å². The quantitative estimate of drug-likeness (QED) is 0.492. The van der Waals surface area contributed by atoms with Crippen LogP contribution in [0.3, 0.4) is 0 Å². The Bertz CT molecular complexity index is 1190. The van der Waals surface area contributed by atoms with Crippen molar-refractivity contribution >= 4 is 40.4 Å². The highest BCUT2D eigenvalue weighted by Crippen LogP contribution is 2.17. The number of H-pyrrole nitrogens is 1. The van der Waals surface area contributed by atoms with Gasteiger partial charge >= 0.3 is 0 Å². The van der Waals surface area contributed by atoms with Crippen molar-refractivity contribution in [2.24, 2.45) is 0 Å². The molecule has 31 heavy (non-hydrogen) atoms. The van der Waals surface area contributed by atoms with Gasteiger partial charge in [0, 0.05) is 18.2 Å². The van der Waals surface area contributed by atoms with Crippen molar-refractivity contribution in [2.45, 2.75) is 33.0 Å². The third kappa shape index (κ3) is 5.00. The van der Waals surface area contributed by atoms with Crippen LogP contribution in [-0.4, -0.2) is 49.0 Å². The van der Waals surface area contributed by atoms with Gasteiger partial charge in [-0.25, -0.2) is 9.07 Å². The minimum atomic E-state index is -0.603. The minimum absolute atomic E-state index is 0.0368. The number of benzene rings is 1. The summed E-state index contributed by atoms with van der Waals surface area (Å²) < 4.78 is 15.2. The number of rotatable bonds is 7. The molecule has 0 bridgehead atoms. The molecule has 3 aromatic rings. The van der Waals surface area contributed by atoms with Crippen molar-refractivity contribution < 1.29 is 14.0 Å². The van der Waals surface area contributed by atoms with E-state index in [1.807, 2.05) is 0 Å². The predicted octanol–water partition coefficient (Wildman–Crippen LogP) is 1.05. The van der Waals surface area contributed by atoms with E-state index >= 15 is 0 Å². The normalized spacial score (nSPS) is 11.1. The van der Waals surface area contributed by atoms with Crippen molar-refractivity contribution in [1.29, 1.82) is 0 Å². The fraction of sp³-hybridized carbons (Fsp3) is 0.316. The van der Waals surface area contributed by atoms with Gasteiger partial charge in [0.15, 0.2) is 5.65 Å². The van der Waals surface area contributed by atoms with Crippen molar-refractivity contribution in [1.82, 2.24) is 30.0 Å². The number of nitrogen functional groups attached to an aromatic ring is 1. The Balaban J connectivity index is 1.69. The van der Waals surface area contributed by atoms with Gasteiger partial charge < -0.3 is 16.0 Å². The van der Waals surface area contributed by atoms with Crippen molar-refractivity contribution in [3.8, 4) is 0 Å². The predicted molar refractivity (Wildman–Crippen MR) is 113 cm³/mol. The number of amides is 2. The molecule has 0 unspecified atom stereocenters. The zero-order chi connectivity index (χ0) is 22.7. The molecule has 0 fully saturated rings. The highest BCUT2D eigenvalue weighted by atomic mass is 35.5. The zero-order valence-electron chi connectivity index (χ0n) is 16.9. The molecule has 1 aromatic carbocycles. The highest BCUT2D eigenvalue weighted by Gasteiger charge is 2.22. The number of nitrogens with one attached hydrogen (secondary N) is 2. The number of anilines is 1. The Hall–Kier alpha value is -3.47. The van der Waals surface area contributed by atoms with E-state index in [1.54, 1.807) is 19.9 Å². The van der Waals surface area contributed by atoms with Gasteiger partial charge in [-0.15, -0.1) is 0 Å². The van der Waals surface area contributed by atoms with Crippen LogP contribution in [0.5, 0.6) is 0 Å². The van der Waals surface area contributed by atoms with Gasteiger partial charge in [-0.05, 0) is 19.9 Å². The Labute approximate surface area is 181 Å². The van der Waals surface area contributed by atoms with Crippen molar-refractivity contribution in [2.75, 3.05) is 12.3 Å². The number of fused-ring (bicyclic) bond motifs is 1. The third-order valence-electron chi connectivity index (χ3n) is 4.57. The van der Waals surface area contributed by atoms with E-state index < -0.39 is 23.2 Å². The summed E-state index contributed by atoms with van der Waals surface area (Å²) in [5, 5.41) is 6.77. The van der Waals surface area contributed by atoms with Crippen LogP contribution in [0.15, 0.2) is 29.2 Å². The number of aromatic amines is 1. The van der Waals surface area contributed by atoms with Crippen molar-refractivity contribution in [3.05, 3.63) is 51.2 Å². The van der Waals surface area contributed by atoms with E-state index in [-0.39, 0.29) is 53.2 Å². The summed E-state index contributed by atoms with van der Waals surface area (Å²) in [6.07, 6.45) is 1.29. The molecule has 12 heteroatoms. The molecule has 2 amide bonds. The zero-order valence-corrected chi connectivity index (χ0v) is 17.6. The first-order chi connectivity index (χ1) is 14.7. The summed E-state index contributed by atoms with van der Waals surface area (Å²) in [5.74, 6) is -1.58. The molecule has 10 nitrogen and oxygen atoms in total. The number of nitrogens with two attached hydrogens (primary N) is 1. The molecular formula is C19H21ClFN7O3. The summed E-state index contributed by atoms with van der Waals surface area (Å²) in [5.41, 5.74) is 5.51. The molecule has 0 aliphatic carbocycles. The van der Waals surface area contributed by atoms with Crippen LogP contribution in [-0.2, 0) is 22.7 Å². The third-order valence-corrected chi connectivity index (χ3v) is 4.87. The molecule has 0 aliphatic rings. The SMILES string of the molecule is CC(C)N(CC(=O)NCc1cccc(Cl)c1F)C(=O)Cn1ncc2c(=O)[nH]c(N)nc21. The molecular weight excluding hydrogens is 429 g/mol. The lowest BCUT2D eigenvalue weighted by molar-refractivity contribution is -0.138. The summed E-state index contributed by atoms with van der Waals surface area (Å²) in [6, 6.07) is 4.20. The van der Waals surface area contributed by atoms with E-state index in [2.05, 4.69) is 20.4 Å². The summed E-state index contributed by atoms with van der Waals surface area (Å²) >= 11 is 5.74. The second-order valence-corrected chi connectivity index (χ2v) is 7.50. The first kappa shape index (κ1) is 22.2. The highest BCUT2D eigenvalue weighted by molar-refractivity contribution is 6.30. The fourth-order valence-corrected chi connectivity index (χ4v) is 3.16. The van der Waals surface area contributed by atoms with Gasteiger partial charge in [0.2, 0.25) is 17.8 Å². The molecule has 3 rings (SSSR count). The van der Waals surface area contributed by atoms with Gasteiger partial charge in [0.05, 0.1) is 17.8 Å². The fourth-order valence-electron chi connectivity index (χ4n) is 2.97. The van der Waals surface area contributed by atoms with Gasteiger partial charge in [-0.3, -0.25) is 19.4 Å². The first-order valence-electron chi connectivity index (χ1n) is 9.37. The lowest BCUT2D eigenvalue weighted by Gasteiger charge is -2.26. The Morgan fingerprint density at radius 2 is 2.13 bits per heavy atom. The molecule has 0 atom stereocenters. The maximum Gasteiger partial charge on any atom is 0.263 e. The van der Waals surface area contributed by atoms with E-state index in [9.17, 15) is 18.8 Å². The van der Waals surface area contributed by atoms with Gasteiger partial charge in [0.25, 0.3) is 5.56 Å². The molecule has 0 saturated carbocycles. The average Bonchev–Trinajstić information content (AvgIpc) is 3.09. The molecule has 164 valence electrons. The Kier molecular flexibility index (Phi) is 6.54. The number of carbonyl (C=O) groups excluding carboxylic acids is 2.